The van der Waals surface area contributed by atoms with E-state index in [2.05, 4.69) is 4.98 Å². The molecule has 0 spiro atoms. The molecule has 1 aromatic heterocycles. The standard InChI is InChI=1S/C13H16N2O3/c1-3-13(18,4-2)8-15-11(16)9-6-5-7-14-10(9)12(15)17/h5-7,18H,3-4,8H2,1-2H3. The van der Waals surface area contributed by atoms with Crippen molar-refractivity contribution < 1.29 is 14.7 Å². The number of aliphatic hydroxyl groups is 1. The van der Waals surface area contributed by atoms with Crippen molar-refractivity contribution in [2.75, 3.05) is 6.54 Å². The van der Waals surface area contributed by atoms with E-state index in [9.17, 15) is 14.7 Å². The minimum Gasteiger partial charge on any atom is -0.388 e. The molecule has 1 aliphatic heterocycles. The van der Waals surface area contributed by atoms with Gasteiger partial charge >= 0.3 is 0 Å². The molecule has 5 nitrogen and oxygen atoms in total. The average Bonchev–Trinajstić information content (AvgIpc) is 2.64. The maximum atomic E-state index is 12.1. The number of carbonyl (C=O) groups is 2. The van der Waals surface area contributed by atoms with E-state index in [1.54, 1.807) is 12.1 Å². The summed E-state index contributed by atoms with van der Waals surface area (Å²) in [6.45, 7) is 3.69. The van der Waals surface area contributed by atoms with Crippen LogP contribution in [0, 0.1) is 0 Å². The molecule has 2 amide bonds. The molecule has 0 saturated heterocycles. The van der Waals surface area contributed by atoms with Crippen LogP contribution in [-0.4, -0.2) is 39.0 Å². The summed E-state index contributed by atoms with van der Waals surface area (Å²) in [5.74, 6) is -0.792. The van der Waals surface area contributed by atoms with Gasteiger partial charge in [0.2, 0.25) is 0 Å². The molecule has 0 atom stereocenters. The van der Waals surface area contributed by atoms with Gasteiger partial charge in [-0.25, -0.2) is 0 Å². The molecule has 1 N–H and O–H groups in total. The van der Waals surface area contributed by atoms with Crippen LogP contribution >= 0.6 is 0 Å². The van der Waals surface area contributed by atoms with E-state index in [0.29, 0.717) is 18.4 Å². The Morgan fingerprint density at radius 3 is 2.50 bits per heavy atom. The predicted octanol–water partition coefficient (Wildman–Crippen LogP) is 1.23. The van der Waals surface area contributed by atoms with Gasteiger partial charge in [0.25, 0.3) is 11.8 Å². The maximum absolute atomic E-state index is 12.1. The van der Waals surface area contributed by atoms with Crippen molar-refractivity contribution >= 4 is 11.8 Å². The number of fused-ring (bicyclic) bond motifs is 1. The highest BCUT2D eigenvalue weighted by Gasteiger charge is 2.40. The average molecular weight is 248 g/mol. The van der Waals surface area contributed by atoms with Gasteiger partial charge in [0.1, 0.15) is 5.69 Å². The maximum Gasteiger partial charge on any atom is 0.280 e. The van der Waals surface area contributed by atoms with Crippen LogP contribution in [0.25, 0.3) is 0 Å². The summed E-state index contributed by atoms with van der Waals surface area (Å²) in [5.41, 5.74) is -0.526. The van der Waals surface area contributed by atoms with Crippen LogP contribution in [-0.2, 0) is 0 Å². The summed E-state index contributed by atoms with van der Waals surface area (Å²) >= 11 is 0. The smallest absolute Gasteiger partial charge is 0.280 e. The van der Waals surface area contributed by atoms with Crippen molar-refractivity contribution in [1.29, 1.82) is 0 Å². The van der Waals surface area contributed by atoms with E-state index in [-0.39, 0.29) is 18.1 Å². The monoisotopic (exact) mass is 248 g/mol. The van der Waals surface area contributed by atoms with Crippen molar-refractivity contribution in [3.05, 3.63) is 29.6 Å². The molecule has 0 saturated carbocycles. The van der Waals surface area contributed by atoms with Crippen LogP contribution < -0.4 is 0 Å². The summed E-state index contributed by atoms with van der Waals surface area (Å²) < 4.78 is 0. The van der Waals surface area contributed by atoms with E-state index < -0.39 is 11.5 Å². The fourth-order valence-corrected chi connectivity index (χ4v) is 2.03. The summed E-state index contributed by atoms with van der Waals surface area (Å²) in [4.78, 5) is 29.1. The predicted molar refractivity (Wildman–Crippen MR) is 65.1 cm³/mol. The Morgan fingerprint density at radius 2 is 1.94 bits per heavy atom. The first-order valence-electron chi connectivity index (χ1n) is 6.06. The van der Waals surface area contributed by atoms with Crippen molar-refractivity contribution in [3.8, 4) is 0 Å². The molecular formula is C13H16N2O3. The number of nitrogens with zero attached hydrogens (tertiary/aromatic N) is 2. The highest BCUT2D eigenvalue weighted by molar-refractivity contribution is 6.20. The van der Waals surface area contributed by atoms with Gasteiger partial charge < -0.3 is 5.11 Å². The highest BCUT2D eigenvalue weighted by atomic mass is 16.3. The zero-order valence-electron chi connectivity index (χ0n) is 10.5. The molecule has 18 heavy (non-hydrogen) atoms. The second-order valence-electron chi connectivity index (χ2n) is 4.53. The van der Waals surface area contributed by atoms with Gasteiger partial charge in [0.05, 0.1) is 17.7 Å². The minimum absolute atomic E-state index is 0.0219. The largest absolute Gasteiger partial charge is 0.388 e. The zero-order chi connectivity index (χ0) is 13.3. The molecule has 2 heterocycles. The van der Waals surface area contributed by atoms with Gasteiger partial charge in [-0.05, 0) is 25.0 Å². The molecule has 0 unspecified atom stereocenters. The van der Waals surface area contributed by atoms with Crippen LogP contribution in [0.3, 0.4) is 0 Å². The fraction of sp³-hybridized carbons (Fsp3) is 0.462. The molecule has 5 heteroatoms. The highest BCUT2D eigenvalue weighted by Crippen LogP contribution is 2.25. The van der Waals surface area contributed by atoms with Gasteiger partial charge in [-0.3, -0.25) is 19.5 Å². The summed E-state index contributed by atoms with van der Waals surface area (Å²) in [6, 6.07) is 3.21. The van der Waals surface area contributed by atoms with Crippen LogP contribution in [0.4, 0.5) is 0 Å². The summed E-state index contributed by atoms with van der Waals surface area (Å²) in [7, 11) is 0. The van der Waals surface area contributed by atoms with Crippen molar-refractivity contribution in [1.82, 2.24) is 9.88 Å². The van der Waals surface area contributed by atoms with Crippen LogP contribution in [0.1, 0.15) is 47.5 Å². The van der Waals surface area contributed by atoms with Crippen LogP contribution in [0.2, 0.25) is 0 Å². The Labute approximate surface area is 105 Å². The third kappa shape index (κ3) is 1.90. The number of amides is 2. The Kier molecular flexibility index (Phi) is 3.17. The van der Waals surface area contributed by atoms with Gasteiger partial charge in [0, 0.05) is 6.20 Å². The minimum atomic E-state index is -1.02. The lowest BCUT2D eigenvalue weighted by Gasteiger charge is -2.29. The first-order chi connectivity index (χ1) is 8.52. The molecule has 2 rings (SSSR count). The van der Waals surface area contributed by atoms with Crippen molar-refractivity contribution in [2.24, 2.45) is 0 Å². The van der Waals surface area contributed by atoms with E-state index in [4.69, 9.17) is 0 Å². The van der Waals surface area contributed by atoms with Gasteiger partial charge in [-0.1, -0.05) is 13.8 Å². The van der Waals surface area contributed by atoms with Crippen molar-refractivity contribution in [3.63, 3.8) is 0 Å². The second kappa shape index (κ2) is 4.49. The first kappa shape index (κ1) is 12.7. The number of imide groups is 1. The fourth-order valence-electron chi connectivity index (χ4n) is 2.03. The Morgan fingerprint density at radius 1 is 1.28 bits per heavy atom. The molecule has 96 valence electrons. The normalized spacial score (nSPS) is 15.2. The van der Waals surface area contributed by atoms with E-state index in [0.717, 1.165) is 4.90 Å². The van der Waals surface area contributed by atoms with Crippen LogP contribution in [0.5, 0.6) is 0 Å². The Bertz CT molecular complexity index is 460. The molecule has 1 aromatic rings. The number of hydrogen-bond donors (Lipinski definition) is 1. The van der Waals surface area contributed by atoms with Gasteiger partial charge in [0.15, 0.2) is 0 Å². The molecule has 1 aliphatic rings. The van der Waals surface area contributed by atoms with Gasteiger partial charge in [-0.2, -0.15) is 0 Å². The molecule has 0 fully saturated rings. The van der Waals surface area contributed by atoms with E-state index in [1.807, 2.05) is 13.8 Å². The summed E-state index contributed by atoms with van der Waals surface area (Å²) in [5, 5.41) is 10.2. The van der Waals surface area contributed by atoms with Crippen LogP contribution in [0.15, 0.2) is 18.3 Å². The number of β-amino-alcohol motifs (C(OH)–C–C–N with tert-alkyl or cyclic N) is 1. The summed E-state index contributed by atoms with van der Waals surface area (Å²) in [6.07, 6.45) is 2.47. The lowest BCUT2D eigenvalue weighted by Crippen LogP contribution is -2.44. The number of rotatable bonds is 4. The third-order valence-corrected chi connectivity index (χ3v) is 3.50. The molecular weight excluding hydrogens is 232 g/mol. The van der Waals surface area contributed by atoms with Crippen molar-refractivity contribution in [2.45, 2.75) is 32.3 Å². The van der Waals surface area contributed by atoms with E-state index in [1.165, 1.54) is 6.20 Å². The topological polar surface area (TPSA) is 70.5 Å². The SMILES string of the molecule is CCC(O)(CC)CN1C(=O)c2cccnc2C1=O. The quantitative estimate of drug-likeness (QED) is 0.813. The van der Waals surface area contributed by atoms with E-state index >= 15 is 0 Å². The molecule has 0 aromatic carbocycles. The lowest BCUT2D eigenvalue weighted by molar-refractivity contribution is 0.00235. The first-order valence-corrected chi connectivity index (χ1v) is 6.06. The number of hydrogen-bond acceptors (Lipinski definition) is 4. The second-order valence-corrected chi connectivity index (χ2v) is 4.53. The number of pyridine rings is 1. The molecule has 0 aliphatic carbocycles. The molecule has 0 radical (unpaired) electrons. The number of carbonyl (C=O) groups excluding carboxylic acids is 2. The molecule has 0 bridgehead atoms. The number of aromatic nitrogens is 1. The Balaban J connectivity index is 2.29. The van der Waals surface area contributed by atoms with Gasteiger partial charge in [-0.15, -0.1) is 0 Å². The Hall–Kier alpha value is -1.75. The zero-order valence-corrected chi connectivity index (χ0v) is 10.5. The third-order valence-electron chi connectivity index (χ3n) is 3.50. The lowest BCUT2D eigenvalue weighted by atomic mass is 9.97.